The number of hydrogen-bond acceptors (Lipinski definition) is 2. The Bertz CT molecular complexity index is 962. The highest BCUT2D eigenvalue weighted by molar-refractivity contribution is 5.79. The van der Waals surface area contributed by atoms with Gasteiger partial charge in [0.15, 0.2) is 5.96 Å². The fourth-order valence-corrected chi connectivity index (χ4v) is 3.32. The number of halogens is 1. The van der Waals surface area contributed by atoms with Crippen LogP contribution < -0.4 is 10.6 Å². The summed E-state index contributed by atoms with van der Waals surface area (Å²) >= 11 is 0. The molecule has 3 aromatic rings. The number of aromatic nitrogens is 2. The third kappa shape index (κ3) is 5.92. The Morgan fingerprint density at radius 2 is 1.90 bits per heavy atom. The van der Waals surface area contributed by atoms with Gasteiger partial charge in [0, 0.05) is 50.9 Å². The largest absolute Gasteiger partial charge is 0.356 e. The van der Waals surface area contributed by atoms with Crippen LogP contribution >= 0.6 is 0 Å². The monoisotopic (exact) mass is 407 g/mol. The van der Waals surface area contributed by atoms with E-state index in [0.717, 1.165) is 30.3 Å². The van der Waals surface area contributed by atoms with Crippen molar-refractivity contribution in [3.05, 3.63) is 89.8 Å². The van der Waals surface area contributed by atoms with E-state index in [1.165, 1.54) is 11.6 Å². The first-order valence-electron chi connectivity index (χ1n) is 10.2. The Kier molecular flexibility index (Phi) is 7.22. The van der Waals surface area contributed by atoms with Gasteiger partial charge in [-0.05, 0) is 23.3 Å². The van der Waals surface area contributed by atoms with E-state index < -0.39 is 0 Å². The summed E-state index contributed by atoms with van der Waals surface area (Å²) in [6.45, 7) is 6.33. The highest BCUT2D eigenvalue weighted by Gasteiger charge is 2.21. The summed E-state index contributed by atoms with van der Waals surface area (Å²) in [6.07, 6.45) is 4.64. The van der Waals surface area contributed by atoms with Gasteiger partial charge in [-0.3, -0.25) is 4.99 Å². The molecular formula is C24H30FN5. The lowest BCUT2D eigenvalue weighted by Gasteiger charge is -2.27. The molecule has 0 atom stereocenters. The summed E-state index contributed by atoms with van der Waals surface area (Å²) in [5.74, 6) is 1.54. The van der Waals surface area contributed by atoms with Crippen LogP contribution in [0.15, 0.2) is 72.0 Å². The number of nitrogens with zero attached hydrogens (tertiary/aromatic N) is 3. The van der Waals surface area contributed by atoms with Gasteiger partial charge in [0.25, 0.3) is 0 Å². The summed E-state index contributed by atoms with van der Waals surface area (Å²) in [5.41, 5.74) is 1.97. The van der Waals surface area contributed by atoms with E-state index in [0.29, 0.717) is 13.1 Å². The Morgan fingerprint density at radius 3 is 2.63 bits per heavy atom. The molecule has 0 amide bonds. The maximum absolute atomic E-state index is 13.6. The highest BCUT2D eigenvalue weighted by atomic mass is 19.1. The van der Waals surface area contributed by atoms with Crippen LogP contribution in [-0.2, 0) is 18.4 Å². The number of rotatable bonds is 8. The normalized spacial score (nSPS) is 12.1. The lowest BCUT2D eigenvalue weighted by atomic mass is 9.84. The molecule has 0 saturated heterocycles. The van der Waals surface area contributed by atoms with Crippen LogP contribution in [0.1, 0.15) is 30.8 Å². The van der Waals surface area contributed by atoms with E-state index in [1.54, 1.807) is 19.2 Å². The van der Waals surface area contributed by atoms with Crippen molar-refractivity contribution in [2.45, 2.75) is 32.2 Å². The molecule has 0 bridgehead atoms. The first kappa shape index (κ1) is 21.6. The third-order valence-electron chi connectivity index (χ3n) is 5.17. The van der Waals surface area contributed by atoms with E-state index in [2.05, 4.69) is 63.3 Å². The van der Waals surface area contributed by atoms with Gasteiger partial charge in [-0.2, -0.15) is 0 Å². The highest BCUT2D eigenvalue weighted by Crippen LogP contribution is 2.22. The molecule has 30 heavy (non-hydrogen) atoms. The molecule has 1 aromatic heterocycles. The van der Waals surface area contributed by atoms with Crippen LogP contribution in [0.3, 0.4) is 0 Å². The second kappa shape index (κ2) is 10.1. The smallest absolute Gasteiger partial charge is 0.191 e. The molecule has 158 valence electrons. The van der Waals surface area contributed by atoms with E-state index in [4.69, 9.17) is 0 Å². The van der Waals surface area contributed by atoms with Crippen molar-refractivity contribution >= 4 is 5.96 Å². The fourth-order valence-electron chi connectivity index (χ4n) is 3.32. The van der Waals surface area contributed by atoms with Gasteiger partial charge in [-0.15, -0.1) is 0 Å². The molecule has 0 fully saturated rings. The zero-order valence-electron chi connectivity index (χ0n) is 17.9. The van der Waals surface area contributed by atoms with E-state index in [-0.39, 0.29) is 11.2 Å². The van der Waals surface area contributed by atoms with Gasteiger partial charge in [-0.1, -0.05) is 56.3 Å². The molecule has 0 radical (unpaired) electrons. The van der Waals surface area contributed by atoms with Crippen molar-refractivity contribution in [1.82, 2.24) is 20.2 Å². The second-order valence-corrected chi connectivity index (χ2v) is 7.95. The predicted octanol–water partition coefficient (Wildman–Crippen LogP) is 3.76. The fraction of sp³-hybridized carbons (Fsp3) is 0.333. The second-order valence-electron chi connectivity index (χ2n) is 7.95. The Hall–Kier alpha value is -3.15. The molecule has 3 rings (SSSR count). The minimum Gasteiger partial charge on any atom is -0.356 e. The summed E-state index contributed by atoms with van der Waals surface area (Å²) in [6, 6.07) is 17.1. The lowest BCUT2D eigenvalue weighted by molar-refractivity contribution is 0.503. The van der Waals surface area contributed by atoms with Gasteiger partial charge < -0.3 is 15.2 Å². The maximum atomic E-state index is 13.6. The lowest BCUT2D eigenvalue weighted by Crippen LogP contribution is -2.44. The standard InChI is InChI=1S/C24H30FN5/c1-24(2,20-10-7-11-21(25)16-20)18-29-23(26-3)28-13-12-22-27-14-15-30(22)17-19-8-5-4-6-9-19/h4-11,14-16H,12-13,17-18H2,1-3H3,(H2,26,28,29). The molecule has 0 spiro atoms. The molecule has 2 aromatic carbocycles. The van der Waals surface area contributed by atoms with E-state index >= 15 is 0 Å². The van der Waals surface area contributed by atoms with Crippen LogP contribution in [0.2, 0.25) is 0 Å². The molecule has 6 heteroatoms. The van der Waals surface area contributed by atoms with Crippen LogP contribution in [0, 0.1) is 5.82 Å². The Balaban J connectivity index is 1.50. The minimum atomic E-state index is -0.230. The van der Waals surface area contributed by atoms with Crippen LogP contribution in [-0.4, -0.2) is 35.6 Å². The van der Waals surface area contributed by atoms with Crippen molar-refractivity contribution in [2.24, 2.45) is 4.99 Å². The number of nitrogens with one attached hydrogen (secondary N) is 2. The molecule has 2 N–H and O–H groups in total. The summed E-state index contributed by atoms with van der Waals surface area (Å²) in [5, 5.41) is 6.70. The quantitative estimate of drug-likeness (QED) is 0.442. The topological polar surface area (TPSA) is 54.2 Å². The van der Waals surface area contributed by atoms with Gasteiger partial charge in [-0.25, -0.2) is 9.37 Å². The van der Waals surface area contributed by atoms with Crippen LogP contribution in [0.5, 0.6) is 0 Å². The number of hydrogen-bond donors (Lipinski definition) is 2. The molecule has 0 aliphatic rings. The zero-order valence-corrected chi connectivity index (χ0v) is 17.9. The number of imidazole rings is 1. The predicted molar refractivity (Wildman–Crippen MR) is 120 cm³/mol. The SMILES string of the molecule is CN=C(NCCc1nccn1Cc1ccccc1)NCC(C)(C)c1cccc(F)c1. The van der Waals surface area contributed by atoms with Crippen molar-refractivity contribution < 1.29 is 4.39 Å². The number of aliphatic imine (C=N–C) groups is 1. The summed E-state index contributed by atoms with van der Waals surface area (Å²) in [4.78, 5) is 8.80. The average molecular weight is 408 g/mol. The van der Waals surface area contributed by atoms with E-state index in [1.807, 2.05) is 24.5 Å². The first-order chi connectivity index (χ1) is 14.5. The van der Waals surface area contributed by atoms with Crippen molar-refractivity contribution in [2.75, 3.05) is 20.1 Å². The van der Waals surface area contributed by atoms with Crippen LogP contribution in [0.25, 0.3) is 0 Å². The average Bonchev–Trinajstić information content (AvgIpc) is 3.18. The minimum absolute atomic E-state index is 0.214. The van der Waals surface area contributed by atoms with Gasteiger partial charge in [0.05, 0.1) is 0 Å². The van der Waals surface area contributed by atoms with E-state index in [9.17, 15) is 4.39 Å². The summed E-state index contributed by atoms with van der Waals surface area (Å²) in [7, 11) is 1.75. The van der Waals surface area contributed by atoms with Gasteiger partial charge >= 0.3 is 0 Å². The molecular weight excluding hydrogens is 377 g/mol. The van der Waals surface area contributed by atoms with Crippen molar-refractivity contribution in [1.29, 1.82) is 0 Å². The zero-order chi connectivity index (χ0) is 21.4. The molecule has 1 heterocycles. The number of benzene rings is 2. The first-order valence-corrected chi connectivity index (χ1v) is 10.2. The van der Waals surface area contributed by atoms with Gasteiger partial charge in [0.2, 0.25) is 0 Å². The van der Waals surface area contributed by atoms with Gasteiger partial charge in [0.1, 0.15) is 11.6 Å². The Morgan fingerprint density at radius 1 is 1.10 bits per heavy atom. The Labute approximate surface area is 178 Å². The molecule has 0 unspecified atom stereocenters. The summed E-state index contributed by atoms with van der Waals surface area (Å²) < 4.78 is 15.7. The molecule has 5 nitrogen and oxygen atoms in total. The van der Waals surface area contributed by atoms with Crippen molar-refractivity contribution in [3.8, 4) is 0 Å². The molecule has 0 aliphatic heterocycles. The van der Waals surface area contributed by atoms with Crippen LogP contribution in [0.4, 0.5) is 4.39 Å². The number of guanidine groups is 1. The third-order valence-corrected chi connectivity index (χ3v) is 5.17. The maximum Gasteiger partial charge on any atom is 0.191 e. The van der Waals surface area contributed by atoms with Crippen molar-refractivity contribution in [3.63, 3.8) is 0 Å². The molecule has 0 saturated carbocycles. The molecule has 0 aliphatic carbocycles.